The molecule has 0 aliphatic rings. The van der Waals surface area contributed by atoms with Gasteiger partial charge in [0.05, 0.1) is 0 Å². The summed E-state index contributed by atoms with van der Waals surface area (Å²) >= 11 is 3.49. The van der Waals surface area contributed by atoms with Gasteiger partial charge in [0.2, 0.25) is 0 Å². The molecule has 2 heterocycles. The van der Waals surface area contributed by atoms with E-state index in [1.807, 2.05) is 18.6 Å². The van der Waals surface area contributed by atoms with Crippen molar-refractivity contribution in [3.63, 3.8) is 0 Å². The highest BCUT2D eigenvalue weighted by Crippen LogP contribution is 2.19. The number of pyridine rings is 1. The van der Waals surface area contributed by atoms with Crippen LogP contribution < -0.4 is 5.32 Å². The zero-order chi connectivity index (χ0) is 13.7. The maximum Gasteiger partial charge on any atom is 0.142 e. The Hall–Kier alpha value is -1.20. The van der Waals surface area contributed by atoms with Crippen LogP contribution in [0.5, 0.6) is 0 Å². The van der Waals surface area contributed by atoms with E-state index in [1.54, 1.807) is 0 Å². The van der Waals surface area contributed by atoms with Gasteiger partial charge in [-0.05, 0) is 35.0 Å². The first-order valence-electron chi connectivity index (χ1n) is 6.64. The summed E-state index contributed by atoms with van der Waals surface area (Å²) in [6, 6.07) is 2.11. The molecule has 0 aliphatic carbocycles. The first-order valence-corrected chi connectivity index (χ1v) is 7.43. The van der Waals surface area contributed by atoms with Crippen molar-refractivity contribution in [2.75, 3.05) is 6.54 Å². The van der Waals surface area contributed by atoms with E-state index in [1.165, 1.54) is 5.56 Å². The lowest BCUT2D eigenvalue weighted by Crippen LogP contribution is -2.15. The van der Waals surface area contributed by atoms with E-state index in [-0.39, 0.29) is 0 Å². The van der Waals surface area contributed by atoms with Crippen molar-refractivity contribution in [3.05, 3.63) is 40.5 Å². The standard InChI is InChI=1S/C14H19BrN4/c1-3-5-13-17-6-7-19(13)14-11(9-16-4-2)8-12(15)10-18-14/h6-8,10,16H,3-5,9H2,1-2H3. The maximum atomic E-state index is 4.55. The molecule has 2 rings (SSSR count). The summed E-state index contributed by atoms with van der Waals surface area (Å²) in [5, 5.41) is 3.35. The normalized spacial score (nSPS) is 10.9. The molecule has 0 saturated heterocycles. The molecule has 0 spiro atoms. The highest BCUT2D eigenvalue weighted by molar-refractivity contribution is 9.10. The summed E-state index contributed by atoms with van der Waals surface area (Å²) in [5.74, 6) is 2.03. The largest absolute Gasteiger partial charge is 0.313 e. The number of halogens is 1. The lowest BCUT2D eigenvalue weighted by molar-refractivity contribution is 0.711. The van der Waals surface area contributed by atoms with E-state index in [4.69, 9.17) is 0 Å². The van der Waals surface area contributed by atoms with E-state index < -0.39 is 0 Å². The molecule has 1 N–H and O–H groups in total. The average molecular weight is 323 g/mol. The summed E-state index contributed by atoms with van der Waals surface area (Å²) in [6.45, 7) is 6.01. The predicted octanol–water partition coefficient (Wildman–Crippen LogP) is 3.09. The molecule has 102 valence electrons. The predicted molar refractivity (Wildman–Crippen MR) is 80.4 cm³/mol. The lowest BCUT2D eigenvalue weighted by Gasteiger charge is -2.12. The molecular weight excluding hydrogens is 304 g/mol. The molecule has 2 aromatic rings. The number of rotatable bonds is 6. The van der Waals surface area contributed by atoms with Gasteiger partial charge in [-0.15, -0.1) is 0 Å². The summed E-state index contributed by atoms with van der Waals surface area (Å²) in [5.41, 5.74) is 1.17. The van der Waals surface area contributed by atoms with Crippen LogP contribution >= 0.6 is 15.9 Å². The van der Waals surface area contributed by atoms with Crippen molar-refractivity contribution in [3.8, 4) is 5.82 Å². The second-order valence-electron chi connectivity index (χ2n) is 4.38. The number of hydrogen-bond donors (Lipinski definition) is 1. The number of hydrogen-bond acceptors (Lipinski definition) is 3. The third-order valence-corrected chi connectivity index (χ3v) is 3.33. The molecule has 0 unspecified atom stereocenters. The van der Waals surface area contributed by atoms with Crippen molar-refractivity contribution < 1.29 is 0 Å². The van der Waals surface area contributed by atoms with Crippen LogP contribution in [0.2, 0.25) is 0 Å². The van der Waals surface area contributed by atoms with Gasteiger partial charge >= 0.3 is 0 Å². The van der Waals surface area contributed by atoms with Gasteiger partial charge in [-0.25, -0.2) is 9.97 Å². The third-order valence-electron chi connectivity index (χ3n) is 2.89. The molecule has 5 heteroatoms. The van der Waals surface area contributed by atoms with E-state index in [0.717, 1.165) is 42.0 Å². The van der Waals surface area contributed by atoms with Crippen molar-refractivity contribution in [2.24, 2.45) is 0 Å². The smallest absolute Gasteiger partial charge is 0.142 e. The highest BCUT2D eigenvalue weighted by atomic mass is 79.9. The first-order chi connectivity index (χ1) is 9.26. The molecule has 0 fully saturated rings. The molecule has 0 aromatic carbocycles. The molecule has 0 bridgehead atoms. The van der Waals surface area contributed by atoms with Gasteiger partial charge < -0.3 is 5.32 Å². The Balaban J connectivity index is 2.39. The minimum atomic E-state index is 0.808. The summed E-state index contributed by atoms with van der Waals surface area (Å²) in [4.78, 5) is 8.97. The molecule has 19 heavy (non-hydrogen) atoms. The van der Waals surface area contributed by atoms with Crippen LogP contribution in [0.3, 0.4) is 0 Å². The van der Waals surface area contributed by atoms with Crippen LogP contribution in [0.1, 0.15) is 31.7 Å². The topological polar surface area (TPSA) is 42.7 Å². The van der Waals surface area contributed by atoms with E-state index in [2.05, 4.69) is 55.7 Å². The molecular formula is C14H19BrN4. The Kier molecular flexibility index (Phi) is 5.10. The van der Waals surface area contributed by atoms with Crippen LogP contribution in [0, 0.1) is 0 Å². The van der Waals surface area contributed by atoms with Gasteiger partial charge in [0.1, 0.15) is 11.6 Å². The summed E-state index contributed by atoms with van der Waals surface area (Å²) in [6.07, 6.45) is 7.70. The zero-order valence-electron chi connectivity index (χ0n) is 11.4. The SMILES string of the molecule is CCCc1nccn1-c1ncc(Br)cc1CNCC. The van der Waals surface area contributed by atoms with Gasteiger partial charge in [0, 0.05) is 41.6 Å². The van der Waals surface area contributed by atoms with Gasteiger partial charge in [-0.2, -0.15) is 0 Å². The first kappa shape index (κ1) is 14.2. The lowest BCUT2D eigenvalue weighted by atomic mass is 10.2. The number of aryl methyl sites for hydroxylation is 1. The summed E-state index contributed by atoms with van der Waals surface area (Å²) < 4.78 is 3.09. The van der Waals surface area contributed by atoms with Crippen molar-refractivity contribution in [1.82, 2.24) is 19.9 Å². The molecule has 0 aliphatic heterocycles. The number of nitrogens with zero attached hydrogens (tertiary/aromatic N) is 3. The van der Waals surface area contributed by atoms with Crippen LogP contribution in [0.25, 0.3) is 5.82 Å². The van der Waals surface area contributed by atoms with Crippen molar-refractivity contribution >= 4 is 15.9 Å². The van der Waals surface area contributed by atoms with Crippen molar-refractivity contribution in [2.45, 2.75) is 33.2 Å². The number of nitrogens with one attached hydrogen (secondary N) is 1. The van der Waals surface area contributed by atoms with Gasteiger partial charge in [0.25, 0.3) is 0 Å². The maximum absolute atomic E-state index is 4.55. The summed E-state index contributed by atoms with van der Waals surface area (Å²) in [7, 11) is 0. The number of aromatic nitrogens is 3. The monoisotopic (exact) mass is 322 g/mol. The fourth-order valence-corrected chi connectivity index (χ4v) is 2.40. The Morgan fingerprint density at radius 2 is 2.16 bits per heavy atom. The number of imidazole rings is 1. The Bertz CT molecular complexity index is 536. The second kappa shape index (κ2) is 6.82. The van der Waals surface area contributed by atoms with Crippen LogP contribution in [-0.2, 0) is 13.0 Å². The zero-order valence-corrected chi connectivity index (χ0v) is 12.9. The Morgan fingerprint density at radius 1 is 1.32 bits per heavy atom. The molecule has 4 nitrogen and oxygen atoms in total. The Morgan fingerprint density at radius 3 is 2.89 bits per heavy atom. The van der Waals surface area contributed by atoms with Crippen molar-refractivity contribution in [1.29, 1.82) is 0 Å². The van der Waals surface area contributed by atoms with Crippen LogP contribution in [0.15, 0.2) is 29.1 Å². The quantitative estimate of drug-likeness (QED) is 0.888. The molecule has 0 atom stereocenters. The minimum Gasteiger partial charge on any atom is -0.313 e. The Labute approximate surface area is 122 Å². The van der Waals surface area contributed by atoms with E-state index in [0.29, 0.717) is 0 Å². The van der Waals surface area contributed by atoms with Gasteiger partial charge in [0.15, 0.2) is 0 Å². The molecule has 0 amide bonds. The van der Waals surface area contributed by atoms with Crippen LogP contribution in [-0.4, -0.2) is 21.1 Å². The van der Waals surface area contributed by atoms with Gasteiger partial charge in [-0.3, -0.25) is 4.57 Å². The fraction of sp³-hybridized carbons (Fsp3) is 0.429. The molecule has 0 saturated carbocycles. The van der Waals surface area contributed by atoms with E-state index >= 15 is 0 Å². The molecule has 2 aromatic heterocycles. The van der Waals surface area contributed by atoms with Gasteiger partial charge in [-0.1, -0.05) is 13.8 Å². The van der Waals surface area contributed by atoms with E-state index in [9.17, 15) is 0 Å². The second-order valence-corrected chi connectivity index (χ2v) is 5.30. The fourth-order valence-electron chi connectivity index (χ4n) is 2.02. The van der Waals surface area contributed by atoms with Crippen LogP contribution in [0.4, 0.5) is 0 Å². The minimum absolute atomic E-state index is 0.808. The molecule has 0 radical (unpaired) electrons. The highest BCUT2D eigenvalue weighted by Gasteiger charge is 2.10. The third kappa shape index (κ3) is 3.42. The average Bonchev–Trinajstić information content (AvgIpc) is 2.85.